The molecule has 3 nitrogen and oxygen atoms in total. The van der Waals surface area contributed by atoms with Crippen molar-refractivity contribution in [1.82, 2.24) is 10.3 Å². The van der Waals surface area contributed by atoms with Gasteiger partial charge in [0.1, 0.15) is 5.52 Å². The van der Waals surface area contributed by atoms with E-state index in [1.165, 1.54) is 0 Å². The first-order chi connectivity index (χ1) is 9.13. The van der Waals surface area contributed by atoms with E-state index in [4.69, 9.17) is 16.3 Å². The van der Waals surface area contributed by atoms with Gasteiger partial charge in [0, 0.05) is 24.0 Å². The molecule has 0 bridgehead atoms. The van der Waals surface area contributed by atoms with Gasteiger partial charge in [-0.15, -0.1) is 0 Å². The second kappa shape index (κ2) is 6.72. The molecule has 19 heavy (non-hydrogen) atoms. The van der Waals surface area contributed by atoms with Crippen molar-refractivity contribution in [3.05, 3.63) is 33.0 Å². The highest BCUT2D eigenvalue weighted by Crippen LogP contribution is 2.34. The van der Waals surface area contributed by atoms with Crippen molar-refractivity contribution in [3.8, 4) is 5.75 Å². The minimum Gasteiger partial charge on any atom is -0.490 e. The summed E-state index contributed by atoms with van der Waals surface area (Å²) in [7, 11) is 1.94. The lowest BCUT2D eigenvalue weighted by atomic mass is 10.2. The zero-order chi connectivity index (χ0) is 13.8. The van der Waals surface area contributed by atoms with Crippen molar-refractivity contribution in [2.24, 2.45) is 5.92 Å². The van der Waals surface area contributed by atoms with Crippen LogP contribution in [-0.4, -0.2) is 25.2 Å². The molecule has 0 saturated heterocycles. The first kappa shape index (κ1) is 14.8. The van der Waals surface area contributed by atoms with Gasteiger partial charge < -0.3 is 10.1 Å². The molecule has 102 valence electrons. The van der Waals surface area contributed by atoms with Crippen molar-refractivity contribution in [3.63, 3.8) is 0 Å². The number of aromatic nitrogens is 1. The number of benzene rings is 1. The van der Waals surface area contributed by atoms with Crippen LogP contribution in [0.25, 0.3) is 10.9 Å². The van der Waals surface area contributed by atoms with E-state index in [2.05, 4.69) is 39.8 Å². The van der Waals surface area contributed by atoms with E-state index in [1.807, 2.05) is 25.2 Å². The van der Waals surface area contributed by atoms with E-state index in [-0.39, 0.29) is 0 Å². The minimum absolute atomic E-state index is 0.440. The Labute approximate surface area is 131 Å². The van der Waals surface area contributed by atoms with Crippen LogP contribution in [0, 0.1) is 9.49 Å². The van der Waals surface area contributed by atoms with Crippen LogP contribution in [-0.2, 0) is 0 Å². The van der Waals surface area contributed by atoms with Gasteiger partial charge in [0.25, 0.3) is 0 Å². The SMILES string of the molecule is CNCC(C)COc1c(I)cc(Cl)c2cccnc12. The molecular formula is C14H16ClIN2O. The van der Waals surface area contributed by atoms with Crippen molar-refractivity contribution in [2.45, 2.75) is 6.92 Å². The standard InChI is InChI=1S/C14H16ClIN2O/c1-9(7-17-2)8-19-14-12(16)6-11(15)10-4-3-5-18-13(10)14/h3-6,9,17H,7-8H2,1-2H3. The number of nitrogens with zero attached hydrogens (tertiary/aromatic N) is 1. The average Bonchev–Trinajstić information content (AvgIpc) is 2.39. The molecule has 1 unspecified atom stereocenters. The molecule has 0 aliphatic heterocycles. The summed E-state index contributed by atoms with van der Waals surface area (Å²) in [5.74, 6) is 1.26. The molecule has 0 aliphatic carbocycles. The predicted octanol–water partition coefficient (Wildman–Crippen LogP) is 3.73. The summed E-state index contributed by atoms with van der Waals surface area (Å²) < 4.78 is 6.94. The molecule has 0 amide bonds. The Balaban J connectivity index is 2.32. The first-order valence-electron chi connectivity index (χ1n) is 6.13. The molecule has 2 rings (SSSR count). The van der Waals surface area contributed by atoms with Gasteiger partial charge in [-0.05, 0) is 47.8 Å². The van der Waals surface area contributed by atoms with Crippen molar-refractivity contribution in [2.75, 3.05) is 20.2 Å². The van der Waals surface area contributed by atoms with Crippen LogP contribution in [0.5, 0.6) is 5.75 Å². The summed E-state index contributed by atoms with van der Waals surface area (Å²) in [5.41, 5.74) is 0.830. The highest BCUT2D eigenvalue weighted by atomic mass is 127. The Morgan fingerprint density at radius 2 is 2.32 bits per heavy atom. The third kappa shape index (κ3) is 3.49. The smallest absolute Gasteiger partial charge is 0.158 e. The topological polar surface area (TPSA) is 34.1 Å². The second-order valence-electron chi connectivity index (χ2n) is 4.54. The summed E-state index contributed by atoms with van der Waals surface area (Å²) >= 11 is 8.47. The van der Waals surface area contributed by atoms with Crippen molar-refractivity contribution >= 4 is 45.1 Å². The quantitative estimate of drug-likeness (QED) is 0.790. The Morgan fingerprint density at radius 3 is 3.05 bits per heavy atom. The number of nitrogens with one attached hydrogen (secondary N) is 1. The second-order valence-corrected chi connectivity index (χ2v) is 6.11. The number of rotatable bonds is 5. The monoisotopic (exact) mass is 390 g/mol. The molecular weight excluding hydrogens is 375 g/mol. The van der Waals surface area contributed by atoms with E-state index in [9.17, 15) is 0 Å². The summed E-state index contributed by atoms with van der Waals surface area (Å²) in [6.07, 6.45) is 1.76. The fourth-order valence-corrected chi connectivity index (χ4v) is 3.09. The lowest BCUT2D eigenvalue weighted by molar-refractivity contribution is 0.259. The fourth-order valence-electron chi connectivity index (χ4n) is 1.92. The summed E-state index contributed by atoms with van der Waals surface area (Å²) in [6.45, 7) is 3.73. The lowest BCUT2D eigenvalue weighted by Crippen LogP contribution is -2.22. The maximum Gasteiger partial charge on any atom is 0.158 e. The van der Waals surface area contributed by atoms with E-state index in [1.54, 1.807) is 6.20 Å². The Hall–Kier alpha value is -0.590. The summed E-state index contributed by atoms with van der Waals surface area (Å²) in [5, 5.41) is 4.79. The number of pyridine rings is 1. The highest BCUT2D eigenvalue weighted by molar-refractivity contribution is 14.1. The first-order valence-corrected chi connectivity index (χ1v) is 7.59. The van der Waals surface area contributed by atoms with E-state index in [0.29, 0.717) is 17.5 Å². The Morgan fingerprint density at radius 1 is 1.53 bits per heavy atom. The van der Waals surface area contributed by atoms with Crippen LogP contribution in [0.2, 0.25) is 5.02 Å². The third-order valence-corrected chi connectivity index (χ3v) is 3.93. The van der Waals surface area contributed by atoms with Crippen LogP contribution < -0.4 is 10.1 Å². The molecule has 0 saturated carbocycles. The molecule has 0 spiro atoms. The van der Waals surface area contributed by atoms with Crippen molar-refractivity contribution in [1.29, 1.82) is 0 Å². The van der Waals surface area contributed by atoms with Crippen LogP contribution in [0.15, 0.2) is 24.4 Å². The third-order valence-electron chi connectivity index (χ3n) is 2.82. The molecule has 1 heterocycles. The zero-order valence-corrected chi connectivity index (χ0v) is 13.8. The van der Waals surface area contributed by atoms with Gasteiger partial charge in [0.15, 0.2) is 5.75 Å². The van der Waals surface area contributed by atoms with E-state index >= 15 is 0 Å². The average molecular weight is 391 g/mol. The van der Waals surface area contributed by atoms with Crippen LogP contribution in [0.1, 0.15) is 6.92 Å². The summed E-state index contributed by atoms with van der Waals surface area (Å²) in [4.78, 5) is 4.40. The van der Waals surface area contributed by atoms with Gasteiger partial charge in [-0.1, -0.05) is 18.5 Å². The zero-order valence-electron chi connectivity index (χ0n) is 10.9. The molecule has 0 aliphatic rings. The van der Waals surface area contributed by atoms with Crippen molar-refractivity contribution < 1.29 is 4.74 Å². The molecule has 2 aromatic rings. The van der Waals surface area contributed by atoms with Crippen LogP contribution in [0.3, 0.4) is 0 Å². The van der Waals surface area contributed by atoms with Gasteiger partial charge in [0.2, 0.25) is 0 Å². The molecule has 1 atom stereocenters. The highest BCUT2D eigenvalue weighted by Gasteiger charge is 2.13. The molecule has 5 heteroatoms. The molecule has 1 N–H and O–H groups in total. The number of fused-ring (bicyclic) bond motifs is 1. The predicted molar refractivity (Wildman–Crippen MR) is 88.1 cm³/mol. The maximum absolute atomic E-state index is 6.24. The fraction of sp³-hybridized carbons (Fsp3) is 0.357. The molecule has 1 aromatic heterocycles. The summed E-state index contributed by atoms with van der Waals surface area (Å²) in [6, 6.07) is 5.77. The lowest BCUT2D eigenvalue weighted by Gasteiger charge is -2.15. The van der Waals surface area contributed by atoms with Gasteiger partial charge in [0.05, 0.1) is 15.2 Å². The molecule has 1 aromatic carbocycles. The van der Waals surface area contributed by atoms with E-state index in [0.717, 1.165) is 26.8 Å². The number of halogens is 2. The molecule has 0 radical (unpaired) electrons. The van der Waals surface area contributed by atoms with Gasteiger partial charge >= 0.3 is 0 Å². The van der Waals surface area contributed by atoms with Crippen LogP contribution in [0.4, 0.5) is 0 Å². The van der Waals surface area contributed by atoms with Gasteiger partial charge in [-0.25, -0.2) is 0 Å². The maximum atomic E-state index is 6.24. The van der Waals surface area contributed by atoms with Gasteiger partial charge in [-0.3, -0.25) is 4.98 Å². The number of hydrogen-bond acceptors (Lipinski definition) is 3. The van der Waals surface area contributed by atoms with Gasteiger partial charge in [-0.2, -0.15) is 0 Å². The molecule has 0 fully saturated rings. The number of ether oxygens (including phenoxy) is 1. The normalized spacial score (nSPS) is 12.6. The minimum atomic E-state index is 0.440. The Kier molecular flexibility index (Phi) is 5.24. The van der Waals surface area contributed by atoms with Crippen LogP contribution >= 0.6 is 34.2 Å². The number of hydrogen-bond donors (Lipinski definition) is 1. The Bertz CT molecular complexity index is 577. The van der Waals surface area contributed by atoms with E-state index < -0.39 is 0 Å². The largest absolute Gasteiger partial charge is 0.490 e.